The maximum atomic E-state index is 2.72. The first-order valence-electron chi connectivity index (χ1n) is 16.3. The first-order valence-corrected chi connectivity index (χ1v) is 16.3. The predicted octanol–water partition coefficient (Wildman–Crippen LogP) is 12.2. The number of nitrogens with zero attached hydrogens (tertiary/aromatic N) is 2. The Morgan fingerprint density at radius 3 is 1.49 bits per heavy atom. The molecule has 0 aliphatic carbocycles. The zero-order valence-electron chi connectivity index (χ0n) is 25.1. The average molecular weight is 543 g/mol. The van der Waals surface area contributed by atoms with Crippen LogP contribution in [0.5, 0.6) is 0 Å². The van der Waals surface area contributed by atoms with Crippen LogP contribution in [0.25, 0.3) is 49.3 Å². The van der Waals surface area contributed by atoms with Crippen molar-refractivity contribution in [1.82, 2.24) is 9.13 Å². The summed E-state index contributed by atoms with van der Waals surface area (Å²) in [7, 11) is 0. The van der Waals surface area contributed by atoms with E-state index in [1.807, 2.05) is 0 Å². The molecule has 0 aliphatic rings. The van der Waals surface area contributed by atoms with E-state index in [2.05, 4.69) is 114 Å². The van der Waals surface area contributed by atoms with Gasteiger partial charge in [0.15, 0.2) is 0 Å². The SMILES string of the molecule is CCCCCCCC(CCCCCCC)n1c2ccccc2c2cc(-n3c4ccccc4c4ccccc43)ccc21. The van der Waals surface area contributed by atoms with Crippen molar-refractivity contribution < 1.29 is 0 Å². The van der Waals surface area contributed by atoms with Crippen molar-refractivity contribution in [2.45, 2.75) is 96.9 Å². The van der Waals surface area contributed by atoms with Gasteiger partial charge >= 0.3 is 0 Å². The summed E-state index contributed by atoms with van der Waals surface area (Å²) >= 11 is 0. The molecule has 6 aromatic rings. The molecule has 0 saturated heterocycles. The fourth-order valence-corrected chi connectivity index (χ4v) is 7.09. The normalized spacial score (nSPS) is 12.1. The van der Waals surface area contributed by atoms with Crippen molar-refractivity contribution in [3.05, 3.63) is 91.0 Å². The van der Waals surface area contributed by atoms with E-state index in [0.29, 0.717) is 6.04 Å². The van der Waals surface area contributed by atoms with Crippen molar-refractivity contribution in [3.8, 4) is 5.69 Å². The van der Waals surface area contributed by atoms with Gasteiger partial charge in [-0.1, -0.05) is 133 Å². The van der Waals surface area contributed by atoms with Crippen LogP contribution in [0.2, 0.25) is 0 Å². The molecule has 4 aromatic carbocycles. The quantitative estimate of drug-likeness (QED) is 0.121. The zero-order chi connectivity index (χ0) is 28.0. The number of rotatable bonds is 14. The molecule has 0 amide bonds. The van der Waals surface area contributed by atoms with E-state index in [9.17, 15) is 0 Å². The number of hydrogen-bond acceptors (Lipinski definition) is 0. The molecular formula is C39H46N2. The van der Waals surface area contributed by atoms with Gasteiger partial charge < -0.3 is 9.13 Å². The highest BCUT2D eigenvalue weighted by molar-refractivity contribution is 6.11. The largest absolute Gasteiger partial charge is 0.337 e. The van der Waals surface area contributed by atoms with E-state index in [1.54, 1.807) is 0 Å². The van der Waals surface area contributed by atoms with E-state index in [-0.39, 0.29) is 0 Å². The summed E-state index contributed by atoms with van der Waals surface area (Å²) in [5.74, 6) is 0. The number of para-hydroxylation sites is 3. The second-order valence-electron chi connectivity index (χ2n) is 12.0. The van der Waals surface area contributed by atoms with Crippen LogP contribution in [0.4, 0.5) is 0 Å². The molecule has 41 heavy (non-hydrogen) atoms. The standard InChI is InChI=1S/C39H46N2/c1-3-5-7-9-11-19-30(20-12-10-8-6-4-2)40-38-26-18-15-23-34(38)35-29-31(27-28-39(35)40)41-36-24-16-13-21-32(36)33-22-14-17-25-37(33)41/h13-18,21-30H,3-12,19-20H2,1-2H3. The summed E-state index contributed by atoms with van der Waals surface area (Å²) in [4.78, 5) is 0. The molecule has 212 valence electrons. The van der Waals surface area contributed by atoms with Gasteiger partial charge in [-0.2, -0.15) is 0 Å². The molecule has 0 radical (unpaired) electrons. The molecule has 6 rings (SSSR count). The molecule has 2 heteroatoms. The van der Waals surface area contributed by atoms with E-state index in [4.69, 9.17) is 0 Å². The second-order valence-corrected chi connectivity index (χ2v) is 12.0. The summed E-state index contributed by atoms with van der Waals surface area (Å²) in [6.07, 6.45) is 16.0. The summed E-state index contributed by atoms with van der Waals surface area (Å²) in [5.41, 5.74) is 6.58. The van der Waals surface area contributed by atoms with Gasteiger partial charge in [0.2, 0.25) is 0 Å². The van der Waals surface area contributed by atoms with E-state index in [0.717, 1.165) is 0 Å². The van der Waals surface area contributed by atoms with Crippen molar-refractivity contribution in [2.75, 3.05) is 0 Å². The van der Waals surface area contributed by atoms with Gasteiger partial charge in [-0.05, 0) is 49.2 Å². The molecule has 0 N–H and O–H groups in total. The van der Waals surface area contributed by atoms with E-state index >= 15 is 0 Å². The van der Waals surface area contributed by atoms with Crippen molar-refractivity contribution in [2.24, 2.45) is 0 Å². The minimum atomic E-state index is 0.555. The van der Waals surface area contributed by atoms with E-state index < -0.39 is 0 Å². The lowest BCUT2D eigenvalue weighted by Gasteiger charge is -2.22. The summed E-state index contributed by atoms with van der Waals surface area (Å²) in [6, 6.07) is 34.6. The van der Waals surface area contributed by atoms with Gasteiger partial charge in [-0.25, -0.2) is 0 Å². The Kier molecular flexibility index (Phi) is 8.75. The Morgan fingerprint density at radius 1 is 0.463 bits per heavy atom. The third-order valence-corrected chi connectivity index (χ3v) is 9.18. The Balaban J connectivity index is 1.44. The summed E-state index contributed by atoms with van der Waals surface area (Å²) in [5, 5.41) is 5.39. The molecule has 2 aromatic heterocycles. The van der Waals surface area contributed by atoms with E-state index in [1.165, 1.54) is 126 Å². The van der Waals surface area contributed by atoms with Crippen LogP contribution in [0, 0.1) is 0 Å². The van der Waals surface area contributed by atoms with Crippen molar-refractivity contribution in [3.63, 3.8) is 0 Å². The second kappa shape index (κ2) is 13.0. The number of fused-ring (bicyclic) bond motifs is 6. The molecule has 0 spiro atoms. The highest BCUT2D eigenvalue weighted by Crippen LogP contribution is 2.38. The molecular weight excluding hydrogens is 496 g/mol. The molecule has 2 heterocycles. The number of unbranched alkanes of at least 4 members (excludes halogenated alkanes) is 8. The summed E-state index contributed by atoms with van der Waals surface area (Å²) in [6.45, 7) is 4.62. The third kappa shape index (κ3) is 5.54. The van der Waals surface area contributed by atoms with Gasteiger partial charge in [0.25, 0.3) is 0 Å². The molecule has 0 bridgehead atoms. The third-order valence-electron chi connectivity index (χ3n) is 9.18. The molecule has 0 saturated carbocycles. The van der Waals surface area contributed by atoms with Crippen LogP contribution < -0.4 is 0 Å². The van der Waals surface area contributed by atoms with Crippen LogP contribution in [-0.2, 0) is 0 Å². The Bertz CT molecular complexity index is 1670. The fourth-order valence-electron chi connectivity index (χ4n) is 7.09. The highest BCUT2D eigenvalue weighted by atomic mass is 15.0. The minimum Gasteiger partial charge on any atom is -0.337 e. The van der Waals surface area contributed by atoms with Crippen LogP contribution in [0.1, 0.15) is 96.9 Å². The topological polar surface area (TPSA) is 9.86 Å². The summed E-state index contributed by atoms with van der Waals surface area (Å²) < 4.78 is 5.18. The lowest BCUT2D eigenvalue weighted by atomic mass is 10.00. The van der Waals surface area contributed by atoms with Crippen LogP contribution in [0.3, 0.4) is 0 Å². The minimum absolute atomic E-state index is 0.555. The predicted molar refractivity (Wildman–Crippen MR) is 180 cm³/mol. The molecule has 0 atom stereocenters. The smallest absolute Gasteiger partial charge is 0.0541 e. The maximum Gasteiger partial charge on any atom is 0.0541 e. The number of aromatic nitrogens is 2. The van der Waals surface area contributed by atoms with Gasteiger partial charge in [0.05, 0.1) is 11.0 Å². The number of benzene rings is 4. The molecule has 0 fully saturated rings. The van der Waals surface area contributed by atoms with Crippen LogP contribution in [-0.4, -0.2) is 9.13 Å². The first kappa shape index (κ1) is 27.6. The van der Waals surface area contributed by atoms with Gasteiger partial charge in [-0.15, -0.1) is 0 Å². The lowest BCUT2D eigenvalue weighted by molar-refractivity contribution is 0.411. The Morgan fingerprint density at radius 2 is 0.927 bits per heavy atom. The average Bonchev–Trinajstić information content (AvgIpc) is 3.52. The first-order chi connectivity index (χ1) is 20.3. The van der Waals surface area contributed by atoms with Crippen LogP contribution in [0.15, 0.2) is 91.0 Å². The van der Waals surface area contributed by atoms with Gasteiger partial charge in [-0.3, -0.25) is 0 Å². The van der Waals surface area contributed by atoms with Gasteiger partial charge in [0, 0.05) is 44.3 Å². The maximum absolute atomic E-state index is 2.72. The highest BCUT2D eigenvalue weighted by Gasteiger charge is 2.20. The van der Waals surface area contributed by atoms with Crippen molar-refractivity contribution in [1.29, 1.82) is 0 Å². The van der Waals surface area contributed by atoms with Crippen LogP contribution >= 0.6 is 0 Å². The zero-order valence-corrected chi connectivity index (χ0v) is 25.1. The molecule has 0 unspecified atom stereocenters. The van der Waals surface area contributed by atoms with Gasteiger partial charge in [0.1, 0.15) is 0 Å². The Hall–Kier alpha value is -3.52. The Labute approximate surface area is 246 Å². The monoisotopic (exact) mass is 542 g/mol. The molecule has 0 aliphatic heterocycles. The molecule has 2 nitrogen and oxygen atoms in total. The van der Waals surface area contributed by atoms with Crippen molar-refractivity contribution >= 4 is 43.6 Å². The fraction of sp³-hybridized carbons (Fsp3) is 0.385. The lowest BCUT2D eigenvalue weighted by Crippen LogP contribution is -2.09. The number of hydrogen-bond donors (Lipinski definition) is 0.